The molecule has 1 atom stereocenters. The quantitative estimate of drug-likeness (QED) is 0.724. The number of sulfonamides is 1. The molecule has 1 aromatic rings. The van der Waals surface area contributed by atoms with Crippen LogP contribution >= 0.6 is 11.6 Å². The van der Waals surface area contributed by atoms with Gasteiger partial charge in [-0.1, -0.05) is 11.6 Å². The van der Waals surface area contributed by atoms with Crippen LogP contribution in [0, 0.1) is 5.92 Å². The first-order valence-corrected chi connectivity index (χ1v) is 10.3. The summed E-state index contributed by atoms with van der Waals surface area (Å²) in [5.41, 5.74) is 0. The van der Waals surface area contributed by atoms with E-state index in [0.717, 1.165) is 13.0 Å². The molecule has 25 heavy (non-hydrogen) atoms. The van der Waals surface area contributed by atoms with Gasteiger partial charge in [0.25, 0.3) is 0 Å². The smallest absolute Gasteiger partial charge is 0.243 e. The first-order chi connectivity index (χ1) is 11.8. The molecule has 0 radical (unpaired) electrons. The number of hydrogen-bond donors (Lipinski definition) is 1. The van der Waals surface area contributed by atoms with E-state index < -0.39 is 10.0 Å². The molecule has 0 bridgehead atoms. The standard InChI is InChI=1S/C17H26ClN3O3S/c1-20(2)11-4-10-19-17(22)14-5-3-12-21(13-14)25(23,24)16-8-6-15(18)7-9-16/h6-9,14H,3-5,10-13H2,1-2H3,(H,19,22)/t14-/m0/s1. The average Bonchev–Trinajstić information content (AvgIpc) is 2.59. The highest BCUT2D eigenvalue weighted by atomic mass is 35.5. The predicted molar refractivity (Wildman–Crippen MR) is 99.1 cm³/mol. The number of carbonyl (C=O) groups excluding carboxylic acids is 1. The molecule has 1 amide bonds. The van der Waals surface area contributed by atoms with E-state index >= 15 is 0 Å². The second-order valence-electron chi connectivity index (χ2n) is 6.60. The maximum Gasteiger partial charge on any atom is 0.243 e. The van der Waals surface area contributed by atoms with Crippen LogP contribution < -0.4 is 5.32 Å². The fraction of sp³-hybridized carbons (Fsp3) is 0.588. The van der Waals surface area contributed by atoms with Crippen molar-refractivity contribution < 1.29 is 13.2 Å². The number of piperidine rings is 1. The Kier molecular flexibility index (Phi) is 7.25. The molecule has 0 unspecified atom stereocenters. The van der Waals surface area contributed by atoms with E-state index in [1.165, 1.54) is 16.4 Å². The topological polar surface area (TPSA) is 69.7 Å². The lowest BCUT2D eigenvalue weighted by molar-refractivity contribution is -0.126. The highest BCUT2D eigenvalue weighted by molar-refractivity contribution is 7.89. The third kappa shape index (κ3) is 5.67. The fourth-order valence-electron chi connectivity index (χ4n) is 2.88. The van der Waals surface area contributed by atoms with Crippen LogP contribution in [-0.2, 0) is 14.8 Å². The van der Waals surface area contributed by atoms with Gasteiger partial charge in [-0.2, -0.15) is 4.31 Å². The molecule has 6 nitrogen and oxygen atoms in total. The monoisotopic (exact) mass is 387 g/mol. The van der Waals surface area contributed by atoms with Crippen molar-refractivity contribution in [3.63, 3.8) is 0 Å². The summed E-state index contributed by atoms with van der Waals surface area (Å²) in [4.78, 5) is 14.6. The number of rotatable bonds is 7. The van der Waals surface area contributed by atoms with Crippen molar-refractivity contribution in [2.24, 2.45) is 5.92 Å². The van der Waals surface area contributed by atoms with Gasteiger partial charge < -0.3 is 10.2 Å². The van der Waals surface area contributed by atoms with Crippen molar-refractivity contribution >= 4 is 27.5 Å². The lowest BCUT2D eigenvalue weighted by Gasteiger charge is -2.31. The van der Waals surface area contributed by atoms with E-state index in [9.17, 15) is 13.2 Å². The minimum atomic E-state index is -3.59. The molecule has 0 saturated carbocycles. The largest absolute Gasteiger partial charge is 0.356 e. The normalized spacial score (nSPS) is 19.1. The number of hydrogen-bond acceptors (Lipinski definition) is 4. The van der Waals surface area contributed by atoms with Gasteiger partial charge in [-0.25, -0.2) is 8.42 Å². The minimum Gasteiger partial charge on any atom is -0.356 e. The van der Waals surface area contributed by atoms with Crippen molar-refractivity contribution in [2.75, 3.05) is 40.3 Å². The van der Waals surface area contributed by atoms with Crippen LogP contribution in [0.2, 0.25) is 5.02 Å². The number of nitrogens with zero attached hydrogens (tertiary/aromatic N) is 2. The molecule has 0 aromatic heterocycles. The number of benzene rings is 1. The molecule has 8 heteroatoms. The molecule has 1 aliphatic heterocycles. The second kappa shape index (κ2) is 8.98. The Labute approximate surface area is 155 Å². The average molecular weight is 388 g/mol. The van der Waals surface area contributed by atoms with Gasteiger partial charge in [-0.15, -0.1) is 0 Å². The van der Waals surface area contributed by atoms with Crippen LogP contribution in [0.15, 0.2) is 29.2 Å². The summed E-state index contributed by atoms with van der Waals surface area (Å²) in [7, 11) is 0.383. The zero-order chi connectivity index (χ0) is 18.4. The van der Waals surface area contributed by atoms with Crippen LogP contribution in [0.25, 0.3) is 0 Å². The molecule has 140 valence electrons. The van der Waals surface area contributed by atoms with E-state index in [4.69, 9.17) is 11.6 Å². The van der Waals surface area contributed by atoms with Gasteiger partial charge in [0.15, 0.2) is 0 Å². The van der Waals surface area contributed by atoms with Crippen molar-refractivity contribution in [3.05, 3.63) is 29.3 Å². The Morgan fingerprint density at radius 2 is 2.00 bits per heavy atom. The zero-order valence-electron chi connectivity index (χ0n) is 14.7. The summed E-state index contributed by atoms with van der Waals surface area (Å²) in [6.45, 7) is 2.18. The van der Waals surface area contributed by atoms with Gasteiger partial charge in [0.1, 0.15) is 0 Å². The van der Waals surface area contributed by atoms with E-state index in [0.29, 0.717) is 31.0 Å². The highest BCUT2D eigenvalue weighted by Crippen LogP contribution is 2.24. The van der Waals surface area contributed by atoms with Crippen LogP contribution in [0.3, 0.4) is 0 Å². The van der Waals surface area contributed by atoms with E-state index in [1.54, 1.807) is 12.1 Å². The fourth-order valence-corrected chi connectivity index (χ4v) is 4.53. The van der Waals surface area contributed by atoms with E-state index in [-0.39, 0.29) is 23.3 Å². The van der Waals surface area contributed by atoms with Gasteiger partial charge in [-0.05, 0) is 64.2 Å². The molecular formula is C17H26ClN3O3S. The van der Waals surface area contributed by atoms with Gasteiger partial charge in [0.2, 0.25) is 15.9 Å². The molecule has 1 N–H and O–H groups in total. The minimum absolute atomic E-state index is 0.0604. The maximum atomic E-state index is 12.7. The third-order valence-corrected chi connectivity index (χ3v) is 6.42. The molecule has 2 rings (SSSR count). The summed E-state index contributed by atoms with van der Waals surface area (Å²) in [6.07, 6.45) is 2.27. The van der Waals surface area contributed by atoms with Crippen LogP contribution in [0.4, 0.5) is 0 Å². The van der Waals surface area contributed by atoms with Gasteiger partial charge in [0, 0.05) is 24.7 Å². The zero-order valence-corrected chi connectivity index (χ0v) is 16.3. The van der Waals surface area contributed by atoms with Crippen LogP contribution in [0.5, 0.6) is 0 Å². The van der Waals surface area contributed by atoms with Crippen LogP contribution in [-0.4, -0.2) is 63.8 Å². The summed E-state index contributed by atoms with van der Waals surface area (Å²) in [5, 5.41) is 3.42. The molecule has 1 fully saturated rings. The summed E-state index contributed by atoms with van der Waals surface area (Å²) in [6, 6.07) is 6.13. The predicted octanol–water partition coefficient (Wildman–Crippen LogP) is 1.81. The highest BCUT2D eigenvalue weighted by Gasteiger charge is 2.33. The lowest BCUT2D eigenvalue weighted by Crippen LogP contribution is -2.45. The number of nitrogens with one attached hydrogen (secondary N) is 1. The van der Waals surface area contributed by atoms with Crippen molar-refractivity contribution in [1.29, 1.82) is 0 Å². The SMILES string of the molecule is CN(C)CCCNC(=O)[C@H]1CCCN(S(=O)(=O)c2ccc(Cl)cc2)C1. The molecule has 1 aliphatic rings. The lowest BCUT2D eigenvalue weighted by atomic mass is 9.99. The summed E-state index contributed by atoms with van der Waals surface area (Å²) in [5.74, 6) is -0.357. The maximum absolute atomic E-state index is 12.7. The Balaban J connectivity index is 1.95. The summed E-state index contributed by atoms with van der Waals surface area (Å²) >= 11 is 5.83. The first kappa shape index (κ1) is 20.2. The first-order valence-electron chi connectivity index (χ1n) is 8.49. The molecule has 1 aromatic carbocycles. The molecule has 0 spiro atoms. The number of amides is 1. The molecule has 0 aliphatic carbocycles. The second-order valence-corrected chi connectivity index (χ2v) is 8.98. The Hall–Kier alpha value is -1.15. The van der Waals surface area contributed by atoms with Crippen molar-refractivity contribution in [1.82, 2.24) is 14.5 Å². The van der Waals surface area contributed by atoms with Gasteiger partial charge >= 0.3 is 0 Å². The van der Waals surface area contributed by atoms with Crippen LogP contribution in [0.1, 0.15) is 19.3 Å². The number of carbonyl (C=O) groups is 1. The van der Waals surface area contributed by atoms with E-state index in [2.05, 4.69) is 10.2 Å². The van der Waals surface area contributed by atoms with Gasteiger partial charge in [0.05, 0.1) is 10.8 Å². The Bertz CT molecular complexity index is 677. The summed E-state index contributed by atoms with van der Waals surface area (Å²) < 4.78 is 26.9. The number of halogens is 1. The molecule has 1 saturated heterocycles. The van der Waals surface area contributed by atoms with Crippen molar-refractivity contribution in [2.45, 2.75) is 24.2 Å². The Morgan fingerprint density at radius 1 is 1.32 bits per heavy atom. The van der Waals surface area contributed by atoms with Crippen molar-refractivity contribution in [3.8, 4) is 0 Å². The molecule has 1 heterocycles. The van der Waals surface area contributed by atoms with Gasteiger partial charge in [-0.3, -0.25) is 4.79 Å². The third-order valence-electron chi connectivity index (χ3n) is 4.29. The Morgan fingerprint density at radius 3 is 2.64 bits per heavy atom. The molecular weight excluding hydrogens is 362 g/mol. The van der Waals surface area contributed by atoms with E-state index in [1.807, 2.05) is 14.1 Å².